The summed E-state index contributed by atoms with van der Waals surface area (Å²) in [5.74, 6) is -0.557. The van der Waals surface area contributed by atoms with E-state index in [-0.39, 0.29) is 11.7 Å². The highest BCUT2D eigenvalue weighted by Crippen LogP contribution is 2.21. The molecule has 0 saturated carbocycles. The largest absolute Gasteiger partial charge is 0.358 e. The van der Waals surface area contributed by atoms with Crippen molar-refractivity contribution in [3.63, 3.8) is 0 Å². The summed E-state index contributed by atoms with van der Waals surface area (Å²) in [4.78, 5) is 15.4. The maximum atomic E-state index is 12.9. The Bertz CT molecular complexity index is 790. The van der Waals surface area contributed by atoms with Gasteiger partial charge in [0.05, 0.1) is 0 Å². The van der Waals surface area contributed by atoms with E-state index >= 15 is 0 Å². The van der Waals surface area contributed by atoms with Gasteiger partial charge in [-0.1, -0.05) is 18.2 Å². The van der Waals surface area contributed by atoms with Gasteiger partial charge >= 0.3 is 0 Å². The number of rotatable bonds is 3. The van der Waals surface area contributed by atoms with Gasteiger partial charge in [-0.15, -0.1) is 0 Å². The minimum atomic E-state index is -0.348. The molecular formula is C17H15FN2O. The van der Waals surface area contributed by atoms with Crippen molar-refractivity contribution in [1.82, 2.24) is 10.3 Å². The third-order valence-electron chi connectivity index (χ3n) is 3.56. The topological polar surface area (TPSA) is 44.9 Å². The van der Waals surface area contributed by atoms with Crippen molar-refractivity contribution < 1.29 is 9.18 Å². The van der Waals surface area contributed by atoms with Crippen molar-refractivity contribution in [2.45, 2.75) is 13.5 Å². The number of nitrogens with one attached hydrogen (secondary N) is 2. The number of carbonyl (C=O) groups is 1. The van der Waals surface area contributed by atoms with Gasteiger partial charge in [-0.2, -0.15) is 0 Å². The molecule has 3 nitrogen and oxygen atoms in total. The molecule has 106 valence electrons. The van der Waals surface area contributed by atoms with E-state index in [2.05, 4.69) is 10.3 Å². The van der Waals surface area contributed by atoms with Crippen molar-refractivity contribution >= 4 is 16.8 Å². The number of para-hydroxylation sites is 1. The average Bonchev–Trinajstić information content (AvgIpc) is 2.81. The van der Waals surface area contributed by atoms with Crippen molar-refractivity contribution in [3.05, 3.63) is 71.2 Å². The number of carbonyl (C=O) groups excluding carboxylic acids is 1. The summed E-state index contributed by atoms with van der Waals surface area (Å²) in [6, 6.07) is 13.5. The summed E-state index contributed by atoms with van der Waals surface area (Å²) in [5, 5.41) is 3.98. The lowest BCUT2D eigenvalue weighted by Crippen LogP contribution is -2.23. The monoisotopic (exact) mass is 282 g/mol. The molecule has 0 spiro atoms. The van der Waals surface area contributed by atoms with Gasteiger partial charge in [0.25, 0.3) is 5.91 Å². The summed E-state index contributed by atoms with van der Waals surface area (Å²) in [6.45, 7) is 2.42. The Labute approximate surface area is 121 Å². The first kappa shape index (κ1) is 13.4. The van der Waals surface area contributed by atoms with Crippen LogP contribution in [0.25, 0.3) is 10.9 Å². The second kappa shape index (κ2) is 5.40. The SMILES string of the molecule is Cc1[nH]c2ccccc2c1CNC(=O)c1ccc(F)cc1. The predicted octanol–water partition coefficient (Wildman–Crippen LogP) is 3.55. The maximum absolute atomic E-state index is 12.9. The zero-order chi connectivity index (χ0) is 14.8. The Balaban J connectivity index is 1.79. The van der Waals surface area contributed by atoms with Crippen LogP contribution in [-0.2, 0) is 6.54 Å². The first-order chi connectivity index (χ1) is 10.1. The van der Waals surface area contributed by atoms with Gasteiger partial charge in [-0.25, -0.2) is 4.39 Å². The lowest BCUT2D eigenvalue weighted by atomic mass is 10.1. The zero-order valence-electron chi connectivity index (χ0n) is 11.6. The highest BCUT2D eigenvalue weighted by molar-refractivity contribution is 5.94. The Hall–Kier alpha value is -2.62. The Morgan fingerprint density at radius 3 is 2.62 bits per heavy atom. The third kappa shape index (κ3) is 2.65. The van der Waals surface area contributed by atoms with Crippen molar-refractivity contribution in [3.8, 4) is 0 Å². The van der Waals surface area contributed by atoms with Crippen molar-refractivity contribution in [2.24, 2.45) is 0 Å². The lowest BCUT2D eigenvalue weighted by Gasteiger charge is -2.06. The molecule has 1 amide bonds. The van der Waals surface area contributed by atoms with Gasteiger partial charge < -0.3 is 10.3 Å². The number of halogens is 1. The van der Waals surface area contributed by atoms with E-state index in [0.717, 1.165) is 22.2 Å². The summed E-state index contributed by atoms with van der Waals surface area (Å²) < 4.78 is 12.9. The summed E-state index contributed by atoms with van der Waals surface area (Å²) in [7, 11) is 0. The van der Waals surface area contributed by atoms with Gasteiger partial charge in [0.2, 0.25) is 0 Å². The van der Waals surface area contributed by atoms with Crippen molar-refractivity contribution in [1.29, 1.82) is 0 Å². The fourth-order valence-corrected chi connectivity index (χ4v) is 2.43. The molecule has 2 N–H and O–H groups in total. The summed E-state index contributed by atoms with van der Waals surface area (Å²) in [5.41, 5.74) is 3.62. The fourth-order valence-electron chi connectivity index (χ4n) is 2.43. The molecule has 3 rings (SSSR count). The van der Waals surface area contributed by atoms with Crippen LogP contribution in [0.1, 0.15) is 21.6 Å². The zero-order valence-corrected chi connectivity index (χ0v) is 11.6. The smallest absolute Gasteiger partial charge is 0.251 e. The number of aromatic amines is 1. The van der Waals surface area contributed by atoms with E-state index in [1.54, 1.807) is 0 Å². The molecule has 21 heavy (non-hydrogen) atoms. The first-order valence-electron chi connectivity index (χ1n) is 6.75. The first-order valence-corrected chi connectivity index (χ1v) is 6.75. The minimum absolute atomic E-state index is 0.209. The van der Waals surface area contributed by atoms with Crippen LogP contribution in [0.4, 0.5) is 4.39 Å². The van der Waals surface area contributed by atoms with Gasteiger partial charge in [0, 0.05) is 28.7 Å². The molecule has 0 unspecified atom stereocenters. The number of H-pyrrole nitrogens is 1. The van der Waals surface area contributed by atoms with Crippen LogP contribution < -0.4 is 5.32 Å². The van der Waals surface area contributed by atoms with E-state index < -0.39 is 0 Å². The van der Waals surface area contributed by atoms with E-state index in [1.165, 1.54) is 24.3 Å². The third-order valence-corrected chi connectivity index (χ3v) is 3.56. The van der Waals surface area contributed by atoms with Gasteiger partial charge in [-0.05, 0) is 42.8 Å². The molecule has 0 aliphatic carbocycles. The van der Waals surface area contributed by atoms with Crippen LogP contribution in [0.15, 0.2) is 48.5 Å². The number of hydrogen-bond donors (Lipinski definition) is 2. The van der Waals surface area contributed by atoms with Gasteiger partial charge in [0.15, 0.2) is 0 Å². The molecule has 3 aromatic rings. The highest BCUT2D eigenvalue weighted by atomic mass is 19.1. The Morgan fingerprint density at radius 1 is 1.14 bits per heavy atom. The van der Waals surface area contributed by atoms with Crippen LogP contribution in [0.3, 0.4) is 0 Å². The molecule has 0 bridgehead atoms. The quantitative estimate of drug-likeness (QED) is 0.758. The van der Waals surface area contributed by atoms with Crippen molar-refractivity contribution in [2.75, 3.05) is 0 Å². The van der Waals surface area contributed by atoms with Gasteiger partial charge in [0.1, 0.15) is 5.82 Å². The van der Waals surface area contributed by atoms with E-state index in [0.29, 0.717) is 12.1 Å². The van der Waals surface area contributed by atoms with Crippen LogP contribution in [0.5, 0.6) is 0 Å². The second-order valence-corrected chi connectivity index (χ2v) is 4.96. The number of fused-ring (bicyclic) bond motifs is 1. The predicted molar refractivity (Wildman–Crippen MR) is 80.6 cm³/mol. The van der Waals surface area contributed by atoms with E-state index in [1.807, 2.05) is 31.2 Å². The molecule has 4 heteroatoms. The molecule has 0 fully saturated rings. The number of amides is 1. The molecular weight excluding hydrogens is 267 g/mol. The normalized spacial score (nSPS) is 10.8. The second-order valence-electron chi connectivity index (χ2n) is 4.96. The average molecular weight is 282 g/mol. The van der Waals surface area contributed by atoms with E-state index in [9.17, 15) is 9.18 Å². The molecule has 1 aromatic heterocycles. The molecule has 1 heterocycles. The Kier molecular flexibility index (Phi) is 3.44. The summed E-state index contributed by atoms with van der Waals surface area (Å²) >= 11 is 0. The molecule has 0 radical (unpaired) electrons. The molecule has 0 aliphatic rings. The fraction of sp³-hybridized carbons (Fsp3) is 0.118. The number of aromatic nitrogens is 1. The molecule has 0 atom stereocenters. The standard InChI is InChI=1S/C17H15FN2O/c1-11-15(14-4-2-3-5-16(14)20-11)10-19-17(21)12-6-8-13(18)9-7-12/h2-9,20H,10H2,1H3,(H,19,21). The van der Waals surface area contributed by atoms with Crippen LogP contribution in [0.2, 0.25) is 0 Å². The maximum Gasteiger partial charge on any atom is 0.251 e. The number of benzene rings is 2. The number of aryl methyl sites for hydroxylation is 1. The summed E-state index contributed by atoms with van der Waals surface area (Å²) in [6.07, 6.45) is 0. The van der Waals surface area contributed by atoms with Crippen LogP contribution in [0, 0.1) is 12.7 Å². The van der Waals surface area contributed by atoms with E-state index in [4.69, 9.17) is 0 Å². The molecule has 0 saturated heterocycles. The van der Waals surface area contributed by atoms with Crippen LogP contribution in [-0.4, -0.2) is 10.9 Å². The Morgan fingerprint density at radius 2 is 1.86 bits per heavy atom. The molecule has 0 aliphatic heterocycles. The highest BCUT2D eigenvalue weighted by Gasteiger charge is 2.10. The van der Waals surface area contributed by atoms with Crippen LogP contribution >= 0.6 is 0 Å². The molecule has 2 aromatic carbocycles. The lowest BCUT2D eigenvalue weighted by molar-refractivity contribution is 0.0951. The van der Waals surface area contributed by atoms with Gasteiger partial charge in [-0.3, -0.25) is 4.79 Å². The number of hydrogen-bond acceptors (Lipinski definition) is 1. The minimum Gasteiger partial charge on any atom is -0.358 e.